The number of aromatic hydroxyl groups is 1. The summed E-state index contributed by atoms with van der Waals surface area (Å²) in [6.07, 6.45) is 0.800. The molecule has 4 aromatic carbocycles. The summed E-state index contributed by atoms with van der Waals surface area (Å²) >= 11 is 0. The third-order valence-corrected chi connectivity index (χ3v) is 8.70. The van der Waals surface area contributed by atoms with Crippen LogP contribution in [-0.4, -0.2) is 74.3 Å². The van der Waals surface area contributed by atoms with Crippen LogP contribution in [0.25, 0.3) is 0 Å². The first-order valence-corrected chi connectivity index (χ1v) is 18.4. The third-order valence-electron chi connectivity index (χ3n) is 8.70. The number of aliphatic imine (C=N–C) groups is 2. The molecule has 5 N–H and O–H groups in total. The van der Waals surface area contributed by atoms with E-state index in [0.29, 0.717) is 62.7 Å². The number of amidine groups is 1. The van der Waals surface area contributed by atoms with Gasteiger partial charge in [0, 0.05) is 36.1 Å². The molecule has 0 aliphatic rings. The normalized spacial score (nSPS) is 12.9. The van der Waals surface area contributed by atoms with Crippen LogP contribution in [0.15, 0.2) is 131 Å². The summed E-state index contributed by atoms with van der Waals surface area (Å²) < 4.78 is 11.3. The zero-order valence-corrected chi connectivity index (χ0v) is 32.1. The van der Waals surface area contributed by atoms with Gasteiger partial charge in [-0.05, 0) is 99.5 Å². The van der Waals surface area contributed by atoms with Gasteiger partial charge in [-0.2, -0.15) is 4.99 Å². The predicted molar refractivity (Wildman–Crippen MR) is 220 cm³/mol. The van der Waals surface area contributed by atoms with Crippen molar-refractivity contribution in [1.82, 2.24) is 15.5 Å². The lowest BCUT2D eigenvalue weighted by Gasteiger charge is -2.25. The average molecular weight is 734 g/mol. The van der Waals surface area contributed by atoms with Gasteiger partial charge in [-0.25, -0.2) is 0 Å². The molecule has 4 aromatic rings. The molecule has 0 saturated carbocycles. The summed E-state index contributed by atoms with van der Waals surface area (Å²) in [7, 11) is 2.15. The smallest absolute Gasteiger partial charge is 0.251 e. The van der Waals surface area contributed by atoms with Crippen LogP contribution in [0.3, 0.4) is 0 Å². The van der Waals surface area contributed by atoms with Crippen molar-refractivity contribution in [2.45, 2.75) is 46.7 Å². The van der Waals surface area contributed by atoms with Crippen molar-refractivity contribution in [2.24, 2.45) is 9.98 Å². The SMILES string of the molecule is CCC(C)=C(/N=C(\NC(C)=NCCOCCOCCNC(=O)c1ccccc1)Nc1ccc(O)cc1)Nc1ccc(C(C)N(C)Cc2ccccc2)cc1. The Morgan fingerprint density at radius 1 is 0.796 bits per heavy atom. The predicted octanol–water partition coefficient (Wildman–Crippen LogP) is 7.58. The number of guanidine groups is 1. The zero-order valence-electron chi connectivity index (χ0n) is 32.1. The van der Waals surface area contributed by atoms with Gasteiger partial charge in [0.05, 0.1) is 38.8 Å². The molecule has 0 heterocycles. The van der Waals surface area contributed by atoms with Crippen molar-refractivity contribution in [2.75, 3.05) is 57.2 Å². The van der Waals surface area contributed by atoms with Gasteiger partial charge in [0.15, 0.2) is 0 Å². The Balaban J connectivity index is 1.31. The summed E-state index contributed by atoms with van der Waals surface area (Å²) in [6.45, 7) is 11.6. The van der Waals surface area contributed by atoms with E-state index < -0.39 is 0 Å². The average Bonchev–Trinajstić information content (AvgIpc) is 3.19. The second-order valence-electron chi connectivity index (χ2n) is 12.9. The maximum atomic E-state index is 12.1. The molecule has 4 rings (SSSR count). The summed E-state index contributed by atoms with van der Waals surface area (Å²) in [5, 5.41) is 22.8. The van der Waals surface area contributed by atoms with Crippen molar-refractivity contribution < 1.29 is 19.4 Å². The van der Waals surface area contributed by atoms with Gasteiger partial charge in [0.25, 0.3) is 5.91 Å². The molecule has 0 bridgehead atoms. The number of phenols is 1. The fourth-order valence-electron chi connectivity index (χ4n) is 5.26. The van der Waals surface area contributed by atoms with E-state index in [1.165, 1.54) is 11.1 Å². The minimum atomic E-state index is -0.119. The number of phenolic OH excluding ortho intramolecular Hbond substituents is 1. The molecule has 0 aliphatic carbocycles. The van der Waals surface area contributed by atoms with Crippen LogP contribution >= 0.6 is 0 Å². The largest absolute Gasteiger partial charge is 0.508 e. The number of nitrogens with one attached hydrogen (secondary N) is 4. The van der Waals surface area contributed by atoms with Crippen molar-refractivity contribution in [3.8, 4) is 5.75 Å². The van der Waals surface area contributed by atoms with Gasteiger partial charge in [-0.1, -0.05) is 67.6 Å². The number of ether oxygens (including phenoxy) is 2. The third kappa shape index (κ3) is 14.5. The van der Waals surface area contributed by atoms with Gasteiger partial charge in [0.2, 0.25) is 5.96 Å². The van der Waals surface area contributed by atoms with Crippen LogP contribution < -0.4 is 21.3 Å². The minimum Gasteiger partial charge on any atom is -0.508 e. The molecule has 0 spiro atoms. The Hall–Kier alpha value is -5.49. The topological polar surface area (TPSA) is 132 Å². The van der Waals surface area contributed by atoms with Crippen LogP contribution in [0.4, 0.5) is 11.4 Å². The first-order valence-electron chi connectivity index (χ1n) is 18.4. The number of allylic oxidation sites excluding steroid dienone is 1. The van der Waals surface area contributed by atoms with Gasteiger partial charge in [-0.15, -0.1) is 0 Å². The molecule has 1 unspecified atom stereocenters. The zero-order chi connectivity index (χ0) is 38.5. The highest BCUT2D eigenvalue weighted by Crippen LogP contribution is 2.24. The molecule has 11 nitrogen and oxygen atoms in total. The fourth-order valence-corrected chi connectivity index (χ4v) is 5.26. The van der Waals surface area contributed by atoms with E-state index in [0.717, 1.165) is 29.9 Å². The van der Waals surface area contributed by atoms with E-state index in [1.54, 1.807) is 36.4 Å². The van der Waals surface area contributed by atoms with E-state index in [4.69, 9.17) is 14.5 Å². The van der Waals surface area contributed by atoms with E-state index in [1.807, 2.05) is 31.2 Å². The lowest BCUT2D eigenvalue weighted by molar-refractivity contribution is 0.0512. The molecule has 0 aliphatic heterocycles. The van der Waals surface area contributed by atoms with Gasteiger partial charge in [-0.3, -0.25) is 14.7 Å². The Labute approximate surface area is 320 Å². The standard InChI is InChI=1S/C43H55N7O4/c1-6-32(2)41(47-38-19-17-36(18-20-38)33(3)50(5)31-35-13-9-7-10-14-35)49-43(48-39-21-23-40(51)24-22-39)46-34(4)44-25-27-53-29-30-54-28-26-45-42(52)37-15-11-8-12-16-37/h7-24,33,47,51H,6,25-31H2,1-5H3,(H,45,52)(H2,44,46,48,49). The molecule has 0 radical (unpaired) electrons. The summed E-state index contributed by atoms with van der Waals surface area (Å²) in [6, 6.07) is 35.1. The summed E-state index contributed by atoms with van der Waals surface area (Å²) in [4.78, 5) is 24.1. The van der Waals surface area contributed by atoms with Gasteiger partial charge < -0.3 is 35.8 Å². The number of carbonyl (C=O) groups is 1. The van der Waals surface area contributed by atoms with Gasteiger partial charge >= 0.3 is 0 Å². The fraction of sp³-hybridized carbons (Fsp3) is 0.326. The van der Waals surface area contributed by atoms with Crippen LogP contribution in [0.2, 0.25) is 0 Å². The van der Waals surface area contributed by atoms with Crippen molar-refractivity contribution >= 4 is 29.1 Å². The number of carbonyl (C=O) groups excluding carboxylic acids is 1. The van der Waals surface area contributed by atoms with E-state index in [-0.39, 0.29) is 17.7 Å². The molecule has 286 valence electrons. The van der Waals surface area contributed by atoms with Crippen LogP contribution in [0.1, 0.15) is 61.6 Å². The van der Waals surface area contributed by atoms with Crippen molar-refractivity contribution in [1.29, 1.82) is 0 Å². The number of benzene rings is 4. The molecule has 11 heteroatoms. The summed E-state index contributed by atoms with van der Waals surface area (Å²) in [5.41, 5.74) is 5.89. The van der Waals surface area contributed by atoms with E-state index in [2.05, 4.69) is 108 Å². The monoisotopic (exact) mass is 733 g/mol. The lowest BCUT2D eigenvalue weighted by atomic mass is 10.1. The number of rotatable bonds is 19. The lowest BCUT2D eigenvalue weighted by Crippen LogP contribution is -2.35. The molecule has 1 amide bonds. The van der Waals surface area contributed by atoms with Crippen LogP contribution in [0.5, 0.6) is 5.75 Å². The quantitative estimate of drug-likeness (QED) is 0.0289. The Morgan fingerprint density at radius 2 is 1.41 bits per heavy atom. The van der Waals surface area contributed by atoms with Crippen LogP contribution in [-0.2, 0) is 16.0 Å². The number of nitrogens with zero attached hydrogens (tertiary/aromatic N) is 3. The van der Waals surface area contributed by atoms with Crippen molar-refractivity contribution in [3.05, 3.63) is 137 Å². The molecule has 54 heavy (non-hydrogen) atoms. The van der Waals surface area contributed by atoms with E-state index in [9.17, 15) is 9.90 Å². The Kier molecular flexibility index (Phi) is 17.2. The molecule has 1 atom stereocenters. The first-order chi connectivity index (χ1) is 26.2. The molecular formula is C43H55N7O4. The highest BCUT2D eigenvalue weighted by atomic mass is 16.5. The molecular weight excluding hydrogens is 679 g/mol. The van der Waals surface area contributed by atoms with Crippen LogP contribution in [0, 0.1) is 0 Å². The second-order valence-corrected chi connectivity index (χ2v) is 12.9. The molecule has 0 saturated heterocycles. The molecule has 0 aromatic heterocycles. The summed E-state index contributed by atoms with van der Waals surface area (Å²) in [5.74, 6) is 1.90. The Morgan fingerprint density at radius 3 is 2.07 bits per heavy atom. The number of anilines is 2. The number of amides is 1. The van der Waals surface area contributed by atoms with Gasteiger partial charge in [0.1, 0.15) is 11.6 Å². The second kappa shape index (κ2) is 22.5. The maximum Gasteiger partial charge on any atom is 0.251 e. The van der Waals surface area contributed by atoms with E-state index >= 15 is 0 Å². The highest BCUT2D eigenvalue weighted by Gasteiger charge is 2.13. The molecule has 0 fully saturated rings. The number of hydrogen-bond acceptors (Lipinski definition) is 8. The first kappa shape index (κ1) is 41.3. The number of hydrogen-bond donors (Lipinski definition) is 5. The maximum absolute atomic E-state index is 12.1. The Bertz CT molecular complexity index is 1800. The van der Waals surface area contributed by atoms with Crippen molar-refractivity contribution in [3.63, 3.8) is 0 Å². The highest BCUT2D eigenvalue weighted by molar-refractivity contribution is 6.05. The minimum absolute atomic E-state index is 0.119.